The van der Waals surface area contributed by atoms with Gasteiger partial charge in [-0.25, -0.2) is 0 Å². The van der Waals surface area contributed by atoms with Gasteiger partial charge in [0.1, 0.15) is 23.1 Å². The van der Waals surface area contributed by atoms with E-state index < -0.39 is 0 Å². The molecule has 2 aromatic rings. The fraction of sp³-hybridized carbons (Fsp3) is 0.182. The maximum Gasteiger partial charge on any atom is 0.136 e. The van der Waals surface area contributed by atoms with E-state index >= 15 is 0 Å². The van der Waals surface area contributed by atoms with Crippen LogP contribution in [0.15, 0.2) is 24.3 Å². The van der Waals surface area contributed by atoms with Crippen LogP contribution >= 0.6 is 11.5 Å². The average molecular weight is 246 g/mol. The second-order valence-corrected chi connectivity index (χ2v) is 3.98. The molecule has 1 heterocycles. The number of benzene rings is 1. The van der Waals surface area contributed by atoms with Gasteiger partial charge in [0.05, 0.1) is 11.6 Å². The van der Waals surface area contributed by atoms with Gasteiger partial charge in [0, 0.05) is 18.6 Å². The first-order valence-corrected chi connectivity index (χ1v) is 5.73. The molecule has 0 saturated heterocycles. The van der Waals surface area contributed by atoms with Gasteiger partial charge < -0.3 is 10.1 Å². The van der Waals surface area contributed by atoms with E-state index in [0.29, 0.717) is 17.9 Å². The Labute approximate surface area is 103 Å². The maximum absolute atomic E-state index is 8.76. The molecule has 0 bridgehead atoms. The van der Waals surface area contributed by atoms with E-state index in [1.54, 1.807) is 24.3 Å². The van der Waals surface area contributed by atoms with Crippen LogP contribution in [0.2, 0.25) is 0 Å². The molecule has 1 aromatic heterocycles. The average Bonchev–Trinajstić information content (AvgIpc) is 2.84. The molecule has 0 aliphatic heterocycles. The predicted molar refractivity (Wildman–Crippen MR) is 64.9 cm³/mol. The lowest BCUT2D eigenvalue weighted by Crippen LogP contribution is -1.99. The van der Waals surface area contributed by atoms with E-state index in [0.717, 1.165) is 10.7 Å². The number of aromatic nitrogens is 2. The van der Waals surface area contributed by atoms with Gasteiger partial charge in [-0.1, -0.05) is 10.6 Å². The zero-order valence-corrected chi connectivity index (χ0v) is 9.99. The number of hydrogen-bond donors (Lipinski definition) is 1. The Morgan fingerprint density at radius 3 is 3.18 bits per heavy atom. The van der Waals surface area contributed by atoms with Crippen molar-refractivity contribution in [2.75, 3.05) is 12.4 Å². The second kappa shape index (κ2) is 5.27. The van der Waals surface area contributed by atoms with Crippen LogP contribution in [0.4, 0.5) is 5.00 Å². The number of nitrogens with zero attached hydrogens (tertiary/aromatic N) is 3. The number of ether oxygens (including phenoxy) is 1. The van der Waals surface area contributed by atoms with Gasteiger partial charge in [-0.15, -0.1) is 5.10 Å². The summed E-state index contributed by atoms with van der Waals surface area (Å²) in [6.07, 6.45) is 0. The van der Waals surface area contributed by atoms with Crippen molar-refractivity contribution >= 4 is 16.5 Å². The van der Waals surface area contributed by atoms with Crippen LogP contribution in [-0.2, 0) is 6.61 Å². The summed E-state index contributed by atoms with van der Waals surface area (Å²) < 4.78 is 9.38. The molecule has 0 saturated carbocycles. The highest BCUT2D eigenvalue weighted by Crippen LogP contribution is 2.19. The Morgan fingerprint density at radius 2 is 2.41 bits per heavy atom. The van der Waals surface area contributed by atoms with E-state index in [-0.39, 0.29) is 0 Å². The summed E-state index contributed by atoms with van der Waals surface area (Å²) >= 11 is 1.29. The first kappa shape index (κ1) is 11.4. The molecule has 0 spiro atoms. The quantitative estimate of drug-likeness (QED) is 0.893. The largest absolute Gasteiger partial charge is 0.487 e. The molecule has 17 heavy (non-hydrogen) atoms. The molecule has 5 nitrogen and oxygen atoms in total. The van der Waals surface area contributed by atoms with Crippen molar-refractivity contribution in [3.63, 3.8) is 0 Å². The minimum atomic E-state index is 0.335. The molecule has 0 aliphatic rings. The molecule has 6 heteroatoms. The van der Waals surface area contributed by atoms with Gasteiger partial charge in [-0.3, -0.25) is 0 Å². The molecule has 1 N–H and O–H groups in total. The number of hydrogen-bond acceptors (Lipinski definition) is 6. The van der Waals surface area contributed by atoms with Crippen LogP contribution in [0.5, 0.6) is 5.75 Å². The van der Waals surface area contributed by atoms with Gasteiger partial charge in [0.25, 0.3) is 0 Å². The molecule has 0 atom stereocenters. The van der Waals surface area contributed by atoms with Crippen molar-refractivity contribution in [2.24, 2.45) is 0 Å². The first-order chi connectivity index (χ1) is 8.33. The lowest BCUT2D eigenvalue weighted by atomic mass is 10.2. The van der Waals surface area contributed by atoms with E-state index in [2.05, 4.69) is 21.0 Å². The van der Waals surface area contributed by atoms with Crippen molar-refractivity contribution in [1.82, 2.24) is 9.59 Å². The molecule has 86 valence electrons. The molecule has 0 aliphatic carbocycles. The maximum atomic E-state index is 8.76. The highest BCUT2D eigenvalue weighted by atomic mass is 32.1. The Morgan fingerprint density at radius 1 is 1.53 bits per heavy atom. The number of anilines is 1. The fourth-order valence-corrected chi connectivity index (χ4v) is 1.82. The van der Waals surface area contributed by atoms with Crippen LogP contribution in [-0.4, -0.2) is 16.6 Å². The Bertz CT molecular complexity index is 546. The monoisotopic (exact) mass is 246 g/mol. The van der Waals surface area contributed by atoms with Crippen LogP contribution in [0.1, 0.15) is 11.3 Å². The van der Waals surface area contributed by atoms with E-state index in [1.807, 2.05) is 7.05 Å². The summed E-state index contributed by atoms with van der Waals surface area (Å²) in [4.78, 5) is 0. The van der Waals surface area contributed by atoms with Crippen LogP contribution < -0.4 is 10.1 Å². The van der Waals surface area contributed by atoms with Crippen LogP contribution in [0.3, 0.4) is 0 Å². The van der Waals surface area contributed by atoms with E-state index in [4.69, 9.17) is 10.00 Å². The smallest absolute Gasteiger partial charge is 0.136 e. The topological polar surface area (TPSA) is 70.8 Å². The van der Waals surface area contributed by atoms with E-state index in [1.165, 1.54) is 11.5 Å². The predicted octanol–water partition coefficient (Wildman–Crippen LogP) is 2.03. The SMILES string of the molecule is CNc1snnc1COc1cccc(C#N)c1. The minimum absolute atomic E-state index is 0.335. The zero-order valence-electron chi connectivity index (χ0n) is 9.17. The van der Waals surface area contributed by atoms with Gasteiger partial charge in [0.15, 0.2) is 0 Å². The lowest BCUT2D eigenvalue weighted by Gasteiger charge is -2.05. The number of nitrogens with one attached hydrogen (secondary N) is 1. The van der Waals surface area contributed by atoms with Gasteiger partial charge in [-0.2, -0.15) is 5.26 Å². The molecule has 0 unspecified atom stereocenters. The van der Waals surface area contributed by atoms with Crippen molar-refractivity contribution in [2.45, 2.75) is 6.61 Å². The van der Waals surface area contributed by atoms with Crippen molar-refractivity contribution in [1.29, 1.82) is 5.26 Å². The van der Waals surface area contributed by atoms with Gasteiger partial charge >= 0.3 is 0 Å². The van der Waals surface area contributed by atoms with Crippen LogP contribution in [0, 0.1) is 11.3 Å². The van der Waals surface area contributed by atoms with Crippen molar-refractivity contribution < 1.29 is 4.74 Å². The third kappa shape index (κ3) is 2.71. The third-order valence-electron chi connectivity index (χ3n) is 2.12. The molecule has 2 rings (SSSR count). The summed E-state index contributed by atoms with van der Waals surface area (Å²) in [7, 11) is 1.81. The number of nitriles is 1. The summed E-state index contributed by atoms with van der Waals surface area (Å²) in [5.41, 5.74) is 1.34. The first-order valence-electron chi connectivity index (χ1n) is 4.95. The second-order valence-electron chi connectivity index (χ2n) is 3.23. The third-order valence-corrected chi connectivity index (χ3v) is 2.91. The lowest BCUT2D eigenvalue weighted by molar-refractivity contribution is 0.301. The number of rotatable bonds is 4. The summed E-state index contributed by atoms with van der Waals surface area (Å²) in [5.74, 6) is 0.652. The summed E-state index contributed by atoms with van der Waals surface area (Å²) in [6.45, 7) is 0.335. The molecule has 1 aromatic carbocycles. The highest BCUT2D eigenvalue weighted by molar-refractivity contribution is 7.10. The molecule has 0 radical (unpaired) electrons. The fourth-order valence-electron chi connectivity index (χ4n) is 1.30. The molecule has 0 fully saturated rings. The summed E-state index contributed by atoms with van der Waals surface area (Å²) in [5, 5.41) is 16.6. The molecular weight excluding hydrogens is 236 g/mol. The van der Waals surface area contributed by atoms with Crippen molar-refractivity contribution in [3.8, 4) is 11.8 Å². The Hall–Kier alpha value is -2.13. The van der Waals surface area contributed by atoms with Crippen LogP contribution in [0.25, 0.3) is 0 Å². The highest BCUT2D eigenvalue weighted by Gasteiger charge is 2.06. The molecule has 0 amide bonds. The Balaban J connectivity index is 2.05. The normalized spacial score (nSPS) is 9.65. The molecular formula is C11H10N4OS. The van der Waals surface area contributed by atoms with Gasteiger partial charge in [-0.05, 0) is 18.2 Å². The van der Waals surface area contributed by atoms with Gasteiger partial charge in [0.2, 0.25) is 0 Å². The van der Waals surface area contributed by atoms with Crippen molar-refractivity contribution in [3.05, 3.63) is 35.5 Å². The minimum Gasteiger partial charge on any atom is -0.487 e. The van der Waals surface area contributed by atoms with E-state index in [9.17, 15) is 0 Å². The summed E-state index contributed by atoms with van der Waals surface area (Å²) in [6, 6.07) is 9.08. The Kier molecular flexibility index (Phi) is 3.52. The standard InChI is InChI=1S/C11H10N4OS/c1-13-11-10(14-15-17-11)7-16-9-4-2-3-8(5-9)6-12/h2-5,13H,7H2,1H3. The zero-order chi connectivity index (χ0) is 12.1.